The van der Waals surface area contributed by atoms with E-state index in [1.54, 1.807) is 37.5 Å². The van der Waals surface area contributed by atoms with E-state index in [1.807, 2.05) is 0 Å². The van der Waals surface area contributed by atoms with Crippen LogP contribution in [0.1, 0.15) is 5.69 Å². The first-order chi connectivity index (χ1) is 9.76. The predicted molar refractivity (Wildman–Crippen MR) is 81.0 cm³/mol. The number of carbonyl (C=O) groups is 1. The molecule has 1 fully saturated rings. The molecule has 0 atom stereocenters. The molecule has 1 aromatic heterocycles. The number of halogens is 1. The number of aromatic nitrogens is 1. The topological polar surface area (TPSA) is 60.9 Å². The van der Waals surface area contributed by atoms with Gasteiger partial charge in [-0.15, -0.1) is 12.4 Å². The van der Waals surface area contributed by atoms with Gasteiger partial charge in [0, 0.05) is 31.4 Å². The summed E-state index contributed by atoms with van der Waals surface area (Å²) in [7, 11) is 3.10. The summed E-state index contributed by atoms with van der Waals surface area (Å²) >= 11 is 0. The van der Waals surface area contributed by atoms with Crippen molar-refractivity contribution in [3.8, 4) is 11.5 Å². The predicted octanol–water partition coefficient (Wildman–Crippen LogP) is 1.39. The minimum Gasteiger partial charge on any atom is -0.493 e. The van der Waals surface area contributed by atoms with E-state index in [4.69, 9.17) is 14.2 Å². The largest absolute Gasteiger partial charge is 0.493 e. The van der Waals surface area contributed by atoms with E-state index in [0.717, 1.165) is 0 Å². The van der Waals surface area contributed by atoms with Crippen LogP contribution in [0.4, 0.5) is 0 Å². The third-order valence-electron chi connectivity index (χ3n) is 3.03. The number of ether oxygens (including phenoxy) is 3. The van der Waals surface area contributed by atoms with E-state index in [0.29, 0.717) is 43.5 Å². The molecule has 6 nitrogen and oxygen atoms in total. The second kappa shape index (κ2) is 8.49. The van der Waals surface area contributed by atoms with Crippen LogP contribution in [0.2, 0.25) is 0 Å². The van der Waals surface area contributed by atoms with Gasteiger partial charge < -0.3 is 19.1 Å². The van der Waals surface area contributed by atoms with Crippen molar-refractivity contribution in [1.82, 2.24) is 9.88 Å². The average molecular weight is 315 g/mol. The van der Waals surface area contributed by atoms with Gasteiger partial charge in [0.1, 0.15) is 5.69 Å². The van der Waals surface area contributed by atoms with Crippen LogP contribution < -0.4 is 9.47 Å². The summed E-state index contributed by atoms with van der Waals surface area (Å²) in [4.78, 5) is 17.9. The quantitative estimate of drug-likeness (QED) is 0.786. The van der Waals surface area contributed by atoms with Crippen LogP contribution in [0, 0.1) is 0 Å². The first-order valence-electron chi connectivity index (χ1n) is 6.38. The van der Waals surface area contributed by atoms with Crippen LogP contribution in [-0.4, -0.2) is 56.3 Å². The van der Waals surface area contributed by atoms with E-state index >= 15 is 0 Å². The monoisotopic (exact) mass is 314 g/mol. The molecule has 0 saturated carbocycles. The number of morpholine rings is 1. The Kier molecular flexibility index (Phi) is 6.98. The fourth-order valence-electron chi connectivity index (χ4n) is 1.97. The Morgan fingerprint density at radius 3 is 2.67 bits per heavy atom. The highest BCUT2D eigenvalue weighted by Crippen LogP contribution is 2.29. The number of rotatable bonds is 4. The number of hydrogen-bond acceptors (Lipinski definition) is 5. The van der Waals surface area contributed by atoms with Crippen LogP contribution in [0.5, 0.6) is 11.5 Å². The smallest absolute Gasteiger partial charge is 0.246 e. The summed E-state index contributed by atoms with van der Waals surface area (Å²) in [6.45, 7) is 2.40. The van der Waals surface area contributed by atoms with Crippen molar-refractivity contribution in [2.45, 2.75) is 0 Å². The molecular weight excluding hydrogens is 296 g/mol. The summed E-state index contributed by atoms with van der Waals surface area (Å²) < 4.78 is 15.7. The van der Waals surface area contributed by atoms with Gasteiger partial charge in [-0.3, -0.25) is 9.78 Å². The lowest BCUT2D eigenvalue weighted by Gasteiger charge is -2.25. The van der Waals surface area contributed by atoms with E-state index in [2.05, 4.69) is 4.98 Å². The van der Waals surface area contributed by atoms with Gasteiger partial charge in [-0.2, -0.15) is 0 Å². The number of pyridine rings is 1. The van der Waals surface area contributed by atoms with E-state index in [1.165, 1.54) is 6.08 Å². The average Bonchev–Trinajstić information content (AvgIpc) is 2.52. The van der Waals surface area contributed by atoms with Gasteiger partial charge in [0.2, 0.25) is 5.91 Å². The van der Waals surface area contributed by atoms with Gasteiger partial charge in [0.25, 0.3) is 0 Å². The lowest BCUT2D eigenvalue weighted by atomic mass is 10.2. The van der Waals surface area contributed by atoms with Crippen molar-refractivity contribution in [1.29, 1.82) is 0 Å². The lowest BCUT2D eigenvalue weighted by Crippen LogP contribution is -2.39. The summed E-state index contributed by atoms with van der Waals surface area (Å²) in [6, 6.07) is 1.71. The highest BCUT2D eigenvalue weighted by molar-refractivity contribution is 5.92. The number of carbonyl (C=O) groups excluding carboxylic acids is 1. The van der Waals surface area contributed by atoms with Crippen LogP contribution in [0.15, 0.2) is 18.3 Å². The summed E-state index contributed by atoms with van der Waals surface area (Å²) in [5.41, 5.74) is 0.563. The Morgan fingerprint density at radius 1 is 1.33 bits per heavy atom. The second-order valence-corrected chi connectivity index (χ2v) is 4.20. The molecule has 21 heavy (non-hydrogen) atoms. The molecule has 7 heteroatoms. The van der Waals surface area contributed by atoms with Gasteiger partial charge in [-0.25, -0.2) is 0 Å². The van der Waals surface area contributed by atoms with Crippen molar-refractivity contribution in [3.63, 3.8) is 0 Å². The van der Waals surface area contributed by atoms with Gasteiger partial charge >= 0.3 is 0 Å². The molecule has 116 valence electrons. The molecule has 0 unspecified atom stereocenters. The Morgan fingerprint density at radius 2 is 2.05 bits per heavy atom. The van der Waals surface area contributed by atoms with Gasteiger partial charge in [0.05, 0.1) is 27.4 Å². The number of hydrogen-bond donors (Lipinski definition) is 0. The van der Waals surface area contributed by atoms with E-state index in [9.17, 15) is 4.79 Å². The molecule has 1 aliphatic rings. The third-order valence-corrected chi connectivity index (χ3v) is 3.03. The van der Waals surface area contributed by atoms with Gasteiger partial charge in [0.15, 0.2) is 11.5 Å². The van der Waals surface area contributed by atoms with Crippen LogP contribution in [0.3, 0.4) is 0 Å². The van der Waals surface area contributed by atoms with Crippen molar-refractivity contribution in [2.24, 2.45) is 0 Å². The Hall–Kier alpha value is -1.79. The fourth-order valence-corrected chi connectivity index (χ4v) is 1.97. The van der Waals surface area contributed by atoms with Crippen LogP contribution in [0.25, 0.3) is 6.08 Å². The Balaban J connectivity index is 0.00000220. The molecule has 1 aromatic rings. The van der Waals surface area contributed by atoms with Crippen molar-refractivity contribution in [2.75, 3.05) is 40.5 Å². The zero-order valence-electron chi connectivity index (χ0n) is 12.1. The summed E-state index contributed by atoms with van der Waals surface area (Å²) in [5, 5.41) is 0. The Bertz CT molecular complexity index is 502. The molecular formula is C14H19ClN2O4. The van der Waals surface area contributed by atoms with Crippen LogP contribution in [-0.2, 0) is 9.53 Å². The third kappa shape index (κ3) is 4.34. The molecule has 1 amide bonds. The minimum absolute atomic E-state index is 0. The molecule has 0 aromatic carbocycles. The summed E-state index contributed by atoms with van der Waals surface area (Å²) in [5.74, 6) is 1.04. The maximum absolute atomic E-state index is 12.0. The zero-order valence-corrected chi connectivity index (χ0v) is 12.9. The Labute approximate surface area is 130 Å². The highest BCUT2D eigenvalue weighted by Gasteiger charge is 2.15. The van der Waals surface area contributed by atoms with Crippen molar-refractivity contribution < 1.29 is 19.0 Å². The van der Waals surface area contributed by atoms with Crippen molar-refractivity contribution >= 4 is 24.4 Å². The molecule has 0 radical (unpaired) electrons. The van der Waals surface area contributed by atoms with E-state index in [-0.39, 0.29) is 18.3 Å². The first-order valence-corrected chi connectivity index (χ1v) is 6.38. The zero-order chi connectivity index (χ0) is 14.4. The normalized spacial score (nSPS) is 14.7. The molecule has 0 N–H and O–H groups in total. The van der Waals surface area contributed by atoms with Gasteiger partial charge in [-0.05, 0) is 6.08 Å². The maximum atomic E-state index is 12.0. The lowest BCUT2D eigenvalue weighted by molar-refractivity contribution is -0.129. The number of methoxy groups -OCH3 is 2. The SMILES string of the molecule is COc1ccnc(C=CC(=O)N2CCOCC2)c1OC.Cl. The molecule has 1 aliphatic heterocycles. The summed E-state index contributed by atoms with van der Waals surface area (Å²) in [6.07, 6.45) is 4.75. The molecule has 2 rings (SSSR count). The first kappa shape index (κ1) is 17.3. The number of nitrogens with zero attached hydrogens (tertiary/aromatic N) is 2. The standard InChI is InChI=1S/C14H18N2O4.ClH/c1-18-12-5-6-15-11(14(12)19-2)3-4-13(17)16-7-9-20-10-8-16;/h3-6H,7-10H2,1-2H3;1H. The van der Waals surface area contributed by atoms with Crippen molar-refractivity contribution in [3.05, 3.63) is 24.0 Å². The maximum Gasteiger partial charge on any atom is 0.246 e. The second-order valence-electron chi connectivity index (χ2n) is 4.20. The minimum atomic E-state index is -0.0556. The molecule has 0 bridgehead atoms. The van der Waals surface area contributed by atoms with Crippen LogP contribution >= 0.6 is 12.4 Å². The molecule has 0 spiro atoms. The molecule has 0 aliphatic carbocycles. The highest BCUT2D eigenvalue weighted by atomic mass is 35.5. The fraction of sp³-hybridized carbons (Fsp3) is 0.429. The number of amides is 1. The molecule has 1 saturated heterocycles. The van der Waals surface area contributed by atoms with E-state index < -0.39 is 0 Å². The molecule has 2 heterocycles. The van der Waals surface area contributed by atoms with Gasteiger partial charge in [-0.1, -0.05) is 0 Å².